The lowest BCUT2D eigenvalue weighted by atomic mass is 9.80. The number of nitrogens with two attached hydrogens (primary N) is 1. The molecule has 0 spiro atoms. The van der Waals surface area contributed by atoms with Crippen molar-refractivity contribution in [2.24, 2.45) is 11.7 Å². The average molecular weight is 262 g/mol. The fraction of sp³-hybridized carbons (Fsp3) is 0.533. The van der Waals surface area contributed by atoms with E-state index in [1.165, 1.54) is 5.56 Å². The minimum absolute atomic E-state index is 0.132. The van der Waals surface area contributed by atoms with Crippen LogP contribution in [0.4, 0.5) is 0 Å². The first-order valence-corrected chi connectivity index (χ1v) is 6.77. The van der Waals surface area contributed by atoms with Crippen LogP contribution in [0.3, 0.4) is 0 Å². The van der Waals surface area contributed by atoms with E-state index < -0.39 is 0 Å². The molecule has 3 N–H and O–H groups in total. The fourth-order valence-corrected chi connectivity index (χ4v) is 2.45. The van der Waals surface area contributed by atoms with Crippen molar-refractivity contribution in [1.29, 1.82) is 0 Å². The number of hydrogen-bond acceptors (Lipinski definition) is 3. The predicted molar refractivity (Wildman–Crippen MR) is 75.1 cm³/mol. The van der Waals surface area contributed by atoms with Crippen LogP contribution in [0.1, 0.15) is 24.0 Å². The molecule has 0 atom stereocenters. The highest BCUT2D eigenvalue weighted by molar-refractivity contribution is 5.79. The maximum Gasteiger partial charge on any atom is 0.223 e. The zero-order valence-corrected chi connectivity index (χ0v) is 11.6. The van der Waals surface area contributed by atoms with Gasteiger partial charge in [0.05, 0.1) is 7.11 Å². The smallest absolute Gasteiger partial charge is 0.223 e. The average Bonchev–Trinajstić information content (AvgIpc) is 2.35. The van der Waals surface area contributed by atoms with Crippen molar-refractivity contribution in [3.63, 3.8) is 0 Å². The number of aryl methyl sites for hydroxylation is 1. The van der Waals surface area contributed by atoms with Crippen molar-refractivity contribution in [2.75, 3.05) is 13.7 Å². The zero-order chi connectivity index (χ0) is 13.8. The molecule has 0 heterocycles. The van der Waals surface area contributed by atoms with Crippen LogP contribution in [0.2, 0.25) is 0 Å². The molecule has 2 rings (SSSR count). The summed E-state index contributed by atoms with van der Waals surface area (Å²) < 4.78 is 5.22. The Morgan fingerprint density at radius 1 is 1.47 bits per heavy atom. The second kappa shape index (κ2) is 6.06. The van der Waals surface area contributed by atoms with E-state index in [1.807, 2.05) is 19.1 Å². The molecule has 0 bridgehead atoms. The number of rotatable bonds is 5. The van der Waals surface area contributed by atoms with E-state index in [9.17, 15) is 4.79 Å². The minimum Gasteiger partial charge on any atom is -0.496 e. The van der Waals surface area contributed by atoms with Gasteiger partial charge in [-0.05, 0) is 43.4 Å². The number of carbonyl (C=O) groups is 1. The number of nitrogens with one attached hydrogen (secondary N) is 1. The maximum atomic E-state index is 11.7. The highest BCUT2D eigenvalue weighted by atomic mass is 16.5. The molecule has 0 radical (unpaired) electrons. The number of hydrogen-bond donors (Lipinski definition) is 2. The Morgan fingerprint density at radius 2 is 2.21 bits per heavy atom. The molecule has 1 aliphatic rings. The second-order valence-corrected chi connectivity index (χ2v) is 5.27. The van der Waals surface area contributed by atoms with E-state index in [0.717, 1.165) is 30.6 Å². The summed E-state index contributed by atoms with van der Waals surface area (Å²) in [7, 11) is 1.67. The molecular weight excluding hydrogens is 240 g/mol. The summed E-state index contributed by atoms with van der Waals surface area (Å²) >= 11 is 0. The molecule has 1 saturated carbocycles. The number of benzene rings is 1. The van der Waals surface area contributed by atoms with Crippen molar-refractivity contribution >= 4 is 5.91 Å². The van der Waals surface area contributed by atoms with Gasteiger partial charge in [0.15, 0.2) is 0 Å². The Hall–Kier alpha value is -1.55. The van der Waals surface area contributed by atoms with Crippen LogP contribution in [-0.4, -0.2) is 25.6 Å². The van der Waals surface area contributed by atoms with E-state index >= 15 is 0 Å². The SMILES string of the molecule is COc1ccc(CCNC(=O)C2CC(N)C2)cc1C. The summed E-state index contributed by atoms with van der Waals surface area (Å²) in [5.74, 6) is 1.18. The number of carbonyl (C=O) groups excluding carboxylic acids is 1. The van der Waals surface area contributed by atoms with E-state index in [0.29, 0.717) is 6.54 Å². The van der Waals surface area contributed by atoms with Crippen molar-refractivity contribution in [3.8, 4) is 5.75 Å². The first-order chi connectivity index (χ1) is 9.10. The molecule has 0 aliphatic heterocycles. The van der Waals surface area contributed by atoms with E-state index in [2.05, 4.69) is 11.4 Å². The third-order valence-electron chi connectivity index (χ3n) is 3.72. The summed E-state index contributed by atoms with van der Waals surface area (Å²) in [5.41, 5.74) is 8.01. The summed E-state index contributed by atoms with van der Waals surface area (Å²) in [6.07, 6.45) is 2.50. The van der Waals surface area contributed by atoms with Crippen molar-refractivity contribution in [1.82, 2.24) is 5.32 Å². The molecule has 1 aromatic carbocycles. The van der Waals surface area contributed by atoms with Gasteiger partial charge in [0.1, 0.15) is 5.75 Å². The summed E-state index contributed by atoms with van der Waals surface area (Å²) in [6, 6.07) is 6.33. The molecule has 1 aliphatic carbocycles. The summed E-state index contributed by atoms with van der Waals surface area (Å²) in [6.45, 7) is 2.70. The Labute approximate surface area is 114 Å². The van der Waals surface area contributed by atoms with Gasteiger partial charge < -0.3 is 15.8 Å². The first kappa shape index (κ1) is 13.9. The van der Waals surface area contributed by atoms with Gasteiger partial charge in [0.2, 0.25) is 5.91 Å². The van der Waals surface area contributed by atoms with Crippen LogP contribution >= 0.6 is 0 Å². The molecule has 4 nitrogen and oxygen atoms in total. The Kier molecular flexibility index (Phi) is 4.43. The summed E-state index contributed by atoms with van der Waals surface area (Å²) in [5, 5.41) is 2.98. The molecule has 1 aromatic rings. The third-order valence-corrected chi connectivity index (χ3v) is 3.72. The molecule has 0 saturated heterocycles. The molecule has 1 amide bonds. The first-order valence-electron chi connectivity index (χ1n) is 6.77. The lowest BCUT2D eigenvalue weighted by Crippen LogP contribution is -2.45. The van der Waals surface area contributed by atoms with Gasteiger partial charge in [-0.25, -0.2) is 0 Å². The van der Waals surface area contributed by atoms with Gasteiger partial charge in [0.25, 0.3) is 0 Å². The van der Waals surface area contributed by atoms with E-state index in [-0.39, 0.29) is 17.9 Å². The Balaban J connectivity index is 1.76. The highest BCUT2D eigenvalue weighted by Crippen LogP contribution is 2.25. The van der Waals surface area contributed by atoms with Crippen molar-refractivity contribution < 1.29 is 9.53 Å². The van der Waals surface area contributed by atoms with Crippen molar-refractivity contribution in [3.05, 3.63) is 29.3 Å². The fourth-order valence-electron chi connectivity index (χ4n) is 2.45. The van der Waals surface area contributed by atoms with Crippen LogP contribution in [0.25, 0.3) is 0 Å². The predicted octanol–water partition coefficient (Wildman–Crippen LogP) is 1.40. The molecule has 4 heteroatoms. The molecule has 19 heavy (non-hydrogen) atoms. The molecule has 1 fully saturated rings. The summed E-state index contributed by atoms with van der Waals surface area (Å²) in [4.78, 5) is 11.7. The van der Waals surface area contributed by atoms with Crippen LogP contribution < -0.4 is 15.8 Å². The zero-order valence-electron chi connectivity index (χ0n) is 11.6. The van der Waals surface area contributed by atoms with Crippen LogP contribution in [0, 0.1) is 12.8 Å². The van der Waals surface area contributed by atoms with E-state index in [1.54, 1.807) is 7.11 Å². The monoisotopic (exact) mass is 262 g/mol. The largest absolute Gasteiger partial charge is 0.496 e. The Morgan fingerprint density at radius 3 is 2.79 bits per heavy atom. The number of ether oxygens (including phenoxy) is 1. The topological polar surface area (TPSA) is 64.3 Å². The van der Waals surface area contributed by atoms with Gasteiger partial charge in [-0.3, -0.25) is 4.79 Å². The number of methoxy groups -OCH3 is 1. The van der Waals surface area contributed by atoms with Gasteiger partial charge in [-0.15, -0.1) is 0 Å². The third kappa shape index (κ3) is 3.47. The molecule has 0 unspecified atom stereocenters. The van der Waals surface area contributed by atoms with Crippen LogP contribution in [-0.2, 0) is 11.2 Å². The molecule has 0 aromatic heterocycles. The van der Waals surface area contributed by atoms with Gasteiger partial charge in [-0.2, -0.15) is 0 Å². The quantitative estimate of drug-likeness (QED) is 0.843. The molecular formula is C15H22N2O2. The standard InChI is InChI=1S/C15H22N2O2/c1-10-7-11(3-4-14(10)19-2)5-6-17-15(18)12-8-13(16)9-12/h3-4,7,12-13H,5-6,8-9,16H2,1-2H3,(H,17,18). The minimum atomic E-state index is 0.132. The van der Waals surface area contributed by atoms with Gasteiger partial charge >= 0.3 is 0 Å². The second-order valence-electron chi connectivity index (χ2n) is 5.27. The lowest BCUT2D eigenvalue weighted by Gasteiger charge is -2.31. The van der Waals surface area contributed by atoms with Crippen LogP contribution in [0.15, 0.2) is 18.2 Å². The normalized spacial score (nSPS) is 21.6. The van der Waals surface area contributed by atoms with Crippen LogP contribution in [0.5, 0.6) is 5.75 Å². The molecule has 104 valence electrons. The maximum absolute atomic E-state index is 11.7. The van der Waals surface area contributed by atoms with E-state index in [4.69, 9.17) is 10.5 Å². The highest BCUT2D eigenvalue weighted by Gasteiger charge is 2.31. The number of amides is 1. The Bertz CT molecular complexity index is 453. The van der Waals surface area contributed by atoms with Crippen molar-refractivity contribution in [2.45, 2.75) is 32.2 Å². The van der Waals surface area contributed by atoms with Gasteiger partial charge in [-0.1, -0.05) is 12.1 Å². The van der Waals surface area contributed by atoms with Gasteiger partial charge in [0, 0.05) is 18.5 Å². The lowest BCUT2D eigenvalue weighted by molar-refractivity contribution is -0.127.